The molecule has 2 aromatic rings. The Morgan fingerprint density at radius 2 is 1.97 bits per heavy atom. The second kappa shape index (κ2) is 9.92. The van der Waals surface area contributed by atoms with Crippen LogP contribution in [0, 0.1) is 12.8 Å². The lowest BCUT2D eigenvalue weighted by molar-refractivity contribution is -0.122. The standard InChI is InChI=1S/C23H28BrN3O2/c1-16-6-8-19(9-7-16)22(26-17(2)28)13-23(29)25-14-18-10-11-27(15-18)21-5-3-4-20(24)12-21/h3-9,12,18,22H,10-11,13-15H2,1-2H3,(H,25,29)(H,26,28). The van der Waals surface area contributed by atoms with Gasteiger partial charge in [0, 0.05) is 36.7 Å². The van der Waals surface area contributed by atoms with E-state index in [1.165, 1.54) is 12.6 Å². The molecule has 2 amide bonds. The fourth-order valence-corrected chi connectivity index (χ4v) is 4.11. The first-order chi connectivity index (χ1) is 13.9. The molecular weight excluding hydrogens is 430 g/mol. The first-order valence-electron chi connectivity index (χ1n) is 10.0. The van der Waals surface area contributed by atoms with Crippen LogP contribution in [0.4, 0.5) is 5.69 Å². The van der Waals surface area contributed by atoms with Gasteiger partial charge in [-0.3, -0.25) is 9.59 Å². The van der Waals surface area contributed by atoms with Gasteiger partial charge in [0.2, 0.25) is 11.8 Å². The lowest BCUT2D eigenvalue weighted by Crippen LogP contribution is -2.35. The molecule has 1 aliphatic heterocycles. The third-order valence-corrected chi connectivity index (χ3v) is 5.79. The van der Waals surface area contributed by atoms with E-state index in [4.69, 9.17) is 0 Å². The highest BCUT2D eigenvalue weighted by atomic mass is 79.9. The van der Waals surface area contributed by atoms with Gasteiger partial charge in [0.15, 0.2) is 0 Å². The van der Waals surface area contributed by atoms with E-state index < -0.39 is 0 Å². The Morgan fingerprint density at radius 1 is 1.21 bits per heavy atom. The topological polar surface area (TPSA) is 61.4 Å². The van der Waals surface area contributed by atoms with Crippen molar-refractivity contribution in [2.75, 3.05) is 24.5 Å². The second-order valence-electron chi connectivity index (χ2n) is 7.75. The number of benzene rings is 2. The van der Waals surface area contributed by atoms with Crippen LogP contribution in [0.5, 0.6) is 0 Å². The van der Waals surface area contributed by atoms with Crippen LogP contribution in [0.2, 0.25) is 0 Å². The number of carbonyl (C=O) groups is 2. The number of nitrogens with zero attached hydrogens (tertiary/aromatic N) is 1. The Morgan fingerprint density at radius 3 is 2.66 bits per heavy atom. The minimum Gasteiger partial charge on any atom is -0.371 e. The molecule has 2 N–H and O–H groups in total. The zero-order chi connectivity index (χ0) is 20.8. The van der Waals surface area contributed by atoms with Crippen LogP contribution < -0.4 is 15.5 Å². The molecule has 154 valence electrons. The predicted molar refractivity (Wildman–Crippen MR) is 120 cm³/mol. The zero-order valence-electron chi connectivity index (χ0n) is 17.0. The van der Waals surface area contributed by atoms with Crippen molar-refractivity contribution in [1.82, 2.24) is 10.6 Å². The molecule has 0 aliphatic carbocycles. The first kappa shape index (κ1) is 21.4. The number of aryl methyl sites for hydroxylation is 1. The Kier molecular flexibility index (Phi) is 7.31. The maximum atomic E-state index is 12.5. The highest BCUT2D eigenvalue weighted by molar-refractivity contribution is 9.10. The van der Waals surface area contributed by atoms with E-state index in [9.17, 15) is 9.59 Å². The maximum Gasteiger partial charge on any atom is 0.222 e. The summed E-state index contributed by atoms with van der Waals surface area (Å²) in [6.45, 7) is 6.08. The number of anilines is 1. The monoisotopic (exact) mass is 457 g/mol. The van der Waals surface area contributed by atoms with Crippen molar-refractivity contribution in [2.45, 2.75) is 32.7 Å². The van der Waals surface area contributed by atoms with Gasteiger partial charge in [-0.2, -0.15) is 0 Å². The van der Waals surface area contributed by atoms with Crippen molar-refractivity contribution < 1.29 is 9.59 Å². The minimum atomic E-state index is -0.310. The molecule has 0 aromatic heterocycles. The fraction of sp³-hybridized carbons (Fsp3) is 0.391. The quantitative estimate of drug-likeness (QED) is 0.660. The third-order valence-electron chi connectivity index (χ3n) is 5.29. The average Bonchev–Trinajstić information content (AvgIpc) is 3.15. The molecule has 1 fully saturated rings. The van der Waals surface area contributed by atoms with Gasteiger partial charge in [-0.05, 0) is 43.0 Å². The van der Waals surface area contributed by atoms with E-state index in [1.54, 1.807) is 0 Å². The molecule has 0 saturated carbocycles. The van der Waals surface area contributed by atoms with E-state index in [-0.39, 0.29) is 24.3 Å². The van der Waals surface area contributed by atoms with Crippen LogP contribution in [0.1, 0.15) is 36.9 Å². The summed E-state index contributed by atoms with van der Waals surface area (Å²) in [6, 6.07) is 15.9. The Hall–Kier alpha value is -2.34. The molecule has 1 saturated heterocycles. The highest BCUT2D eigenvalue weighted by Crippen LogP contribution is 2.26. The van der Waals surface area contributed by atoms with Crippen molar-refractivity contribution in [1.29, 1.82) is 0 Å². The third kappa shape index (κ3) is 6.32. The number of hydrogen-bond acceptors (Lipinski definition) is 3. The van der Waals surface area contributed by atoms with Gasteiger partial charge in [-0.1, -0.05) is 51.8 Å². The molecular formula is C23H28BrN3O2. The van der Waals surface area contributed by atoms with Crippen LogP contribution in [0.25, 0.3) is 0 Å². The molecule has 0 spiro atoms. The van der Waals surface area contributed by atoms with Gasteiger partial charge in [0.1, 0.15) is 0 Å². The minimum absolute atomic E-state index is 0.0368. The van der Waals surface area contributed by atoms with Crippen molar-refractivity contribution in [3.63, 3.8) is 0 Å². The molecule has 3 rings (SSSR count). The number of rotatable bonds is 7. The van der Waals surface area contributed by atoms with E-state index in [1.807, 2.05) is 43.3 Å². The fourth-order valence-electron chi connectivity index (χ4n) is 3.72. The Bertz CT molecular complexity index is 853. The van der Waals surface area contributed by atoms with Gasteiger partial charge >= 0.3 is 0 Å². The summed E-state index contributed by atoms with van der Waals surface area (Å²) in [4.78, 5) is 26.5. The molecule has 2 atom stereocenters. The number of amides is 2. The highest BCUT2D eigenvalue weighted by Gasteiger charge is 2.24. The summed E-state index contributed by atoms with van der Waals surface area (Å²) in [5, 5.41) is 5.96. The van der Waals surface area contributed by atoms with Gasteiger partial charge in [-0.15, -0.1) is 0 Å². The lowest BCUT2D eigenvalue weighted by atomic mass is 10.0. The Balaban J connectivity index is 1.51. The average molecular weight is 458 g/mol. The zero-order valence-corrected chi connectivity index (χ0v) is 18.5. The number of nitrogens with one attached hydrogen (secondary N) is 2. The summed E-state index contributed by atoms with van der Waals surface area (Å²) in [5.74, 6) is 0.255. The summed E-state index contributed by atoms with van der Waals surface area (Å²) in [5.41, 5.74) is 3.30. The maximum absolute atomic E-state index is 12.5. The summed E-state index contributed by atoms with van der Waals surface area (Å²) in [7, 11) is 0. The molecule has 5 nitrogen and oxygen atoms in total. The Labute approximate surface area is 181 Å². The van der Waals surface area contributed by atoms with E-state index in [0.29, 0.717) is 12.5 Å². The molecule has 6 heteroatoms. The molecule has 1 aliphatic rings. The van der Waals surface area contributed by atoms with Crippen molar-refractivity contribution in [3.05, 3.63) is 64.1 Å². The van der Waals surface area contributed by atoms with Crippen LogP contribution in [0.3, 0.4) is 0 Å². The molecule has 1 heterocycles. The van der Waals surface area contributed by atoms with Crippen molar-refractivity contribution >= 4 is 33.4 Å². The molecule has 2 unspecified atom stereocenters. The first-order valence-corrected chi connectivity index (χ1v) is 10.8. The summed E-state index contributed by atoms with van der Waals surface area (Å²) in [6.07, 6.45) is 1.30. The van der Waals surface area contributed by atoms with Crippen LogP contribution in [-0.2, 0) is 9.59 Å². The number of carbonyl (C=O) groups excluding carboxylic acids is 2. The van der Waals surface area contributed by atoms with Gasteiger partial charge < -0.3 is 15.5 Å². The van der Waals surface area contributed by atoms with Gasteiger partial charge in [-0.25, -0.2) is 0 Å². The second-order valence-corrected chi connectivity index (χ2v) is 8.67. The number of halogens is 1. The molecule has 0 radical (unpaired) electrons. The SMILES string of the molecule is CC(=O)NC(CC(=O)NCC1CCN(c2cccc(Br)c2)C1)c1ccc(C)cc1. The van der Waals surface area contributed by atoms with Gasteiger partial charge in [0.05, 0.1) is 12.5 Å². The van der Waals surface area contributed by atoms with E-state index >= 15 is 0 Å². The van der Waals surface area contributed by atoms with E-state index in [0.717, 1.165) is 35.1 Å². The van der Waals surface area contributed by atoms with Crippen molar-refractivity contribution in [2.24, 2.45) is 5.92 Å². The van der Waals surface area contributed by atoms with Crippen LogP contribution in [0.15, 0.2) is 53.0 Å². The normalized spacial score (nSPS) is 17.1. The predicted octanol–water partition coefficient (Wildman–Crippen LogP) is 3.97. The van der Waals surface area contributed by atoms with Crippen LogP contribution >= 0.6 is 15.9 Å². The molecule has 0 bridgehead atoms. The summed E-state index contributed by atoms with van der Waals surface area (Å²) < 4.78 is 1.08. The largest absolute Gasteiger partial charge is 0.371 e. The van der Waals surface area contributed by atoms with E-state index in [2.05, 4.69) is 43.6 Å². The van der Waals surface area contributed by atoms with Crippen molar-refractivity contribution in [3.8, 4) is 0 Å². The summed E-state index contributed by atoms with van der Waals surface area (Å²) >= 11 is 3.52. The molecule has 29 heavy (non-hydrogen) atoms. The van der Waals surface area contributed by atoms with Crippen LogP contribution in [-0.4, -0.2) is 31.4 Å². The smallest absolute Gasteiger partial charge is 0.222 e. The number of hydrogen-bond donors (Lipinski definition) is 2. The lowest BCUT2D eigenvalue weighted by Gasteiger charge is -2.20. The van der Waals surface area contributed by atoms with Gasteiger partial charge in [0.25, 0.3) is 0 Å². The molecule has 2 aromatic carbocycles.